The molecule has 86 valence electrons. The molecule has 0 bridgehead atoms. The average molecular weight is 242 g/mol. The summed E-state index contributed by atoms with van der Waals surface area (Å²) in [7, 11) is 0. The third-order valence-corrected chi connectivity index (χ3v) is 2.11. The molecule has 0 saturated carbocycles. The highest BCUT2D eigenvalue weighted by Gasteiger charge is 2.08. The standard InChI is InChI=1S/C10H12ClN3O2/c1-2-12-9(7-14(15)16)5-8-3-4-10(11)13-6-8/h3-4,6H,2,5,7H2,1H3. The summed E-state index contributed by atoms with van der Waals surface area (Å²) >= 11 is 5.64. The number of hydrogen-bond acceptors (Lipinski definition) is 4. The van der Waals surface area contributed by atoms with E-state index in [0.717, 1.165) is 5.56 Å². The molecule has 0 unspecified atom stereocenters. The summed E-state index contributed by atoms with van der Waals surface area (Å²) in [6, 6.07) is 3.45. The van der Waals surface area contributed by atoms with E-state index in [-0.39, 0.29) is 11.5 Å². The Bertz CT molecular complexity index is 390. The van der Waals surface area contributed by atoms with Crippen molar-refractivity contribution in [1.82, 2.24) is 4.98 Å². The molecule has 0 saturated heterocycles. The summed E-state index contributed by atoms with van der Waals surface area (Å²) in [6.45, 7) is 2.17. The van der Waals surface area contributed by atoms with Gasteiger partial charge >= 0.3 is 0 Å². The third kappa shape index (κ3) is 4.35. The summed E-state index contributed by atoms with van der Waals surface area (Å²) in [5.41, 5.74) is 1.43. The predicted molar refractivity (Wildman–Crippen MR) is 62.8 cm³/mol. The Labute approximate surface area is 98.3 Å². The largest absolute Gasteiger partial charge is 0.287 e. The van der Waals surface area contributed by atoms with E-state index in [1.165, 1.54) is 0 Å². The summed E-state index contributed by atoms with van der Waals surface area (Å²) in [6.07, 6.45) is 2.05. The molecule has 1 heterocycles. The van der Waals surface area contributed by atoms with Crippen molar-refractivity contribution in [2.45, 2.75) is 13.3 Å². The van der Waals surface area contributed by atoms with Crippen molar-refractivity contribution in [3.8, 4) is 0 Å². The maximum absolute atomic E-state index is 10.4. The summed E-state index contributed by atoms with van der Waals surface area (Å²) in [4.78, 5) is 18.0. The van der Waals surface area contributed by atoms with E-state index in [1.807, 2.05) is 6.92 Å². The molecule has 0 aliphatic rings. The molecular weight excluding hydrogens is 230 g/mol. The Kier molecular flexibility index (Phi) is 4.85. The van der Waals surface area contributed by atoms with Gasteiger partial charge in [0, 0.05) is 24.1 Å². The molecular formula is C10H12ClN3O2. The van der Waals surface area contributed by atoms with Gasteiger partial charge in [-0.05, 0) is 18.6 Å². The van der Waals surface area contributed by atoms with E-state index in [0.29, 0.717) is 23.8 Å². The van der Waals surface area contributed by atoms with Crippen LogP contribution in [0.3, 0.4) is 0 Å². The van der Waals surface area contributed by atoms with Gasteiger partial charge in [-0.1, -0.05) is 17.7 Å². The normalized spacial score (nSPS) is 11.5. The van der Waals surface area contributed by atoms with Crippen molar-refractivity contribution in [3.63, 3.8) is 0 Å². The number of hydrogen-bond donors (Lipinski definition) is 0. The topological polar surface area (TPSA) is 68.4 Å². The van der Waals surface area contributed by atoms with Gasteiger partial charge < -0.3 is 0 Å². The molecule has 1 aromatic heterocycles. The lowest BCUT2D eigenvalue weighted by Crippen LogP contribution is -2.16. The van der Waals surface area contributed by atoms with Crippen molar-refractivity contribution < 1.29 is 4.92 Å². The van der Waals surface area contributed by atoms with E-state index in [2.05, 4.69) is 9.98 Å². The SMILES string of the molecule is CCN=C(Cc1ccc(Cl)nc1)C[N+](=O)[O-]. The number of halogens is 1. The second-order valence-electron chi connectivity index (χ2n) is 3.20. The highest BCUT2D eigenvalue weighted by atomic mass is 35.5. The monoisotopic (exact) mass is 241 g/mol. The minimum absolute atomic E-state index is 0.226. The van der Waals surface area contributed by atoms with Crippen molar-refractivity contribution in [3.05, 3.63) is 39.2 Å². The van der Waals surface area contributed by atoms with E-state index in [1.54, 1.807) is 18.3 Å². The van der Waals surface area contributed by atoms with E-state index in [9.17, 15) is 10.1 Å². The smallest absolute Gasteiger partial charge is 0.241 e. The fourth-order valence-corrected chi connectivity index (χ4v) is 1.39. The molecule has 0 spiro atoms. The molecule has 0 aromatic carbocycles. The van der Waals surface area contributed by atoms with Gasteiger partial charge in [0.1, 0.15) is 5.15 Å². The number of aliphatic imine (C=N–C) groups is 1. The molecule has 0 aliphatic carbocycles. The predicted octanol–water partition coefficient (Wildman–Crippen LogP) is 2.02. The molecule has 0 radical (unpaired) electrons. The Balaban J connectivity index is 2.72. The first kappa shape index (κ1) is 12.6. The Morgan fingerprint density at radius 1 is 1.62 bits per heavy atom. The van der Waals surface area contributed by atoms with Crippen LogP contribution in [0.15, 0.2) is 23.3 Å². The maximum atomic E-state index is 10.4. The quantitative estimate of drug-likeness (QED) is 0.343. The lowest BCUT2D eigenvalue weighted by atomic mass is 10.1. The van der Waals surface area contributed by atoms with Crippen LogP contribution < -0.4 is 0 Å². The zero-order valence-corrected chi connectivity index (χ0v) is 9.65. The first-order chi connectivity index (χ1) is 7.61. The lowest BCUT2D eigenvalue weighted by molar-refractivity contribution is -0.463. The second kappa shape index (κ2) is 6.17. The van der Waals surface area contributed by atoms with Crippen LogP contribution in [0.25, 0.3) is 0 Å². The molecule has 0 atom stereocenters. The molecule has 5 nitrogen and oxygen atoms in total. The first-order valence-corrected chi connectivity index (χ1v) is 5.24. The van der Waals surface area contributed by atoms with Crippen molar-refractivity contribution in [2.75, 3.05) is 13.1 Å². The second-order valence-corrected chi connectivity index (χ2v) is 3.58. The van der Waals surface area contributed by atoms with Crippen LogP contribution in [0.1, 0.15) is 12.5 Å². The summed E-state index contributed by atoms with van der Waals surface area (Å²) < 4.78 is 0. The minimum atomic E-state index is -0.377. The van der Waals surface area contributed by atoms with E-state index >= 15 is 0 Å². The lowest BCUT2D eigenvalue weighted by Gasteiger charge is -2.02. The van der Waals surface area contributed by atoms with Gasteiger partial charge in [0.15, 0.2) is 0 Å². The van der Waals surface area contributed by atoms with Gasteiger partial charge in [0.25, 0.3) is 0 Å². The van der Waals surface area contributed by atoms with Crippen molar-refractivity contribution >= 4 is 17.3 Å². The Morgan fingerprint density at radius 3 is 2.88 bits per heavy atom. The molecule has 6 heteroatoms. The van der Waals surface area contributed by atoms with Gasteiger partial charge in [-0.3, -0.25) is 15.1 Å². The molecule has 1 rings (SSSR count). The van der Waals surface area contributed by atoms with Crippen LogP contribution in [0.4, 0.5) is 0 Å². The third-order valence-electron chi connectivity index (χ3n) is 1.89. The molecule has 0 fully saturated rings. The molecule has 16 heavy (non-hydrogen) atoms. The molecule has 1 aromatic rings. The number of rotatable bonds is 5. The van der Waals surface area contributed by atoms with Gasteiger partial charge in [0.2, 0.25) is 6.54 Å². The van der Waals surface area contributed by atoms with Gasteiger partial charge in [0.05, 0.1) is 5.71 Å². The number of aromatic nitrogens is 1. The van der Waals surface area contributed by atoms with E-state index in [4.69, 9.17) is 11.6 Å². The highest BCUT2D eigenvalue weighted by Crippen LogP contribution is 2.06. The van der Waals surface area contributed by atoms with Gasteiger partial charge in [-0.2, -0.15) is 0 Å². The van der Waals surface area contributed by atoms with Gasteiger partial charge in [-0.15, -0.1) is 0 Å². The van der Waals surface area contributed by atoms with Crippen molar-refractivity contribution in [1.29, 1.82) is 0 Å². The number of nitro groups is 1. The molecule has 0 aliphatic heterocycles. The van der Waals surface area contributed by atoms with Crippen LogP contribution in [-0.2, 0) is 6.42 Å². The van der Waals surface area contributed by atoms with Crippen LogP contribution in [0.5, 0.6) is 0 Å². The van der Waals surface area contributed by atoms with Gasteiger partial charge in [-0.25, -0.2) is 4.98 Å². The zero-order valence-electron chi connectivity index (χ0n) is 8.89. The van der Waals surface area contributed by atoms with Crippen LogP contribution in [0, 0.1) is 10.1 Å². The highest BCUT2D eigenvalue weighted by molar-refractivity contribution is 6.29. The minimum Gasteiger partial charge on any atom is -0.287 e. The Hall–Kier alpha value is -1.49. The van der Waals surface area contributed by atoms with Crippen LogP contribution >= 0.6 is 11.6 Å². The fraction of sp³-hybridized carbons (Fsp3) is 0.400. The summed E-state index contributed by atoms with van der Waals surface area (Å²) in [5, 5.41) is 10.8. The first-order valence-electron chi connectivity index (χ1n) is 4.86. The average Bonchev–Trinajstić information content (AvgIpc) is 2.21. The molecule has 0 amide bonds. The fourth-order valence-electron chi connectivity index (χ4n) is 1.28. The summed E-state index contributed by atoms with van der Waals surface area (Å²) in [5.74, 6) is 0. The number of nitrogens with zero attached hydrogens (tertiary/aromatic N) is 3. The Morgan fingerprint density at radius 2 is 2.38 bits per heavy atom. The zero-order chi connectivity index (χ0) is 12.0. The maximum Gasteiger partial charge on any atom is 0.241 e. The van der Waals surface area contributed by atoms with Crippen molar-refractivity contribution in [2.24, 2.45) is 4.99 Å². The van der Waals surface area contributed by atoms with Crippen LogP contribution in [-0.4, -0.2) is 28.7 Å². The number of pyridine rings is 1. The molecule has 0 N–H and O–H groups in total. The van der Waals surface area contributed by atoms with Crippen LogP contribution in [0.2, 0.25) is 5.15 Å². The van der Waals surface area contributed by atoms with E-state index < -0.39 is 0 Å².